The number of rotatable bonds is 4. The van der Waals surface area contributed by atoms with E-state index in [1.165, 1.54) is 6.20 Å². The fourth-order valence-electron chi connectivity index (χ4n) is 1.43. The molecule has 2 aromatic rings. The Balaban J connectivity index is 2.15. The van der Waals surface area contributed by atoms with E-state index in [-0.39, 0.29) is 0 Å². The Morgan fingerprint density at radius 1 is 1.17 bits per heavy atom. The van der Waals surface area contributed by atoms with Crippen LogP contribution in [0.25, 0.3) is 0 Å². The van der Waals surface area contributed by atoms with E-state index < -0.39 is 5.97 Å². The van der Waals surface area contributed by atoms with Crippen LogP contribution in [-0.2, 0) is 4.74 Å². The van der Waals surface area contributed by atoms with Crippen LogP contribution in [0.4, 0.5) is 0 Å². The Morgan fingerprint density at radius 3 is 2.67 bits per heavy atom. The summed E-state index contributed by atoms with van der Waals surface area (Å²) in [5, 5.41) is 0. The van der Waals surface area contributed by atoms with Gasteiger partial charge in [-0.15, -0.1) is 0 Å². The summed E-state index contributed by atoms with van der Waals surface area (Å²) in [5.41, 5.74) is 0.380. The van der Waals surface area contributed by atoms with Gasteiger partial charge >= 0.3 is 5.97 Å². The predicted molar refractivity (Wildman–Crippen MR) is 66.7 cm³/mol. The number of nitrogens with zero attached hydrogens (tertiary/aromatic N) is 1. The van der Waals surface area contributed by atoms with Crippen molar-refractivity contribution >= 4 is 5.97 Å². The first-order valence-corrected chi connectivity index (χ1v) is 5.64. The summed E-state index contributed by atoms with van der Waals surface area (Å²) in [6.45, 7) is 2.10. The summed E-state index contributed by atoms with van der Waals surface area (Å²) in [4.78, 5) is 15.5. The Kier molecular flexibility index (Phi) is 3.91. The van der Waals surface area contributed by atoms with E-state index in [1.54, 1.807) is 19.2 Å². The average molecular weight is 243 g/mol. The second-order valence-electron chi connectivity index (χ2n) is 3.54. The highest BCUT2D eigenvalue weighted by Crippen LogP contribution is 2.20. The average Bonchev–Trinajstić information content (AvgIpc) is 2.40. The number of para-hydroxylation sites is 1. The van der Waals surface area contributed by atoms with Crippen molar-refractivity contribution in [1.82, 2.24) is 4.98 Å². The van der Waals surface area contributed by atoms with Gasteiger partial charge in [0.05, 0.1) is 18.4 Å². The molecule has 0 N–H and O–H groups in total. The summed E-state index contributed by atoms with van der Waals surface area (Å²) in [5.74, 6) is 0.801. The third-order valence-electron chi connectivity index (χ3n) is 2.20. The van der Waals surface area contributed by atoms with Crippen molar-refractivity contribution in [3.63, 3.8) is 0 Å². The molecule has 0 atom stereocenters. The van der Waals surface area contributed by atoms with Crippen molar-refractivity contribution in [2.75, 3.05) is 6.61 Å². The molecule has 0 aliphatic rings. The smallest absolute Gasteiger partial charge is 0.339 e. The minimum Gasteiger partial charge on any atom is -0.462 e. The van der Waals surface area contributed by atoms with E-state index in [2.05, 4.69) is 4.98 Å². The Labute approximate surface area is 105 Å². The largest absolute Gasteiger partial charge is 0.462 e. The molecule has 1 heterocycles. The van der Waals surface area contributed by atoms with E-state index in [1.807, 2.05) is 30.3 Å². The first-order chi connectivity index (χ1) is 8.79. The summed E-state index contributed by atoms with van der Waals surface area (Å²) >= 11 is 0. The highest BCUT2D eigenvalue weighted by molar-refractivity contribution is 5.89. The molecule has 2 rings (SSSR count). The summed E-state index contributed by atoms with van der Waals surface area (Å²) < 4.78 is 10.5. The van der Waals surface area contributed by atoms with Gasteiger partial charge in [0.15, 0.2) is 0 Å². The van der Waals surface area contributed by atoms with Crippen LogP contribution in [-0.4, -0.2) is 17.6 Å². The third-order valence-corrected chi connectivity index (χ3v) is 2.20. The molecule has 1 aromatic carbocycles. The summed E-state index contributed by atoms with van der Waals surface area (Å²) in [6, 6.07) is 10.9. The topological polar surface area (TPSA) is 48.4 Å². The van der Waals surface area contributed by atoms with Crippen LogP contribution in [0.1, 0.15) is 17.3 Å². The number of hydrogen-bond donors (Lipinski definition) is 0. The summed E-state index contributed by atoms with van der Waals surface area (Å²) in [6.07, 6.45) is 3.01. The molecule has 0 fully saturated rings. The van der Waals surface area contributed by atoms with E-state index >= 15 is 0 Å². The zero-order chi connectivity index (χ0) is 12.8. The van der Waals surface area contributed by atoms with Gasteiger partial charge in [0, 0.05) is 6.20 Å². The van der Waals surface area contributed by atoms with Crippen LogP contribution in [0.5, 0.6) is 11.5 Å². The van der Waals surface area contributed by atoms with Gasteiger partial charge in [-0.3, -0.25) is 4.98 Å². The SMILES string of the molecule is CCOC(=O)c1cncc(Oc2ccccc2)c1. The summed E-state index contributed by atoms with van der Waals surface area (Å²) in [7, 11) is 0. The van der Waals surface area contributed by atoms with E-state index in [4.69, 9.17) is 9.47 Å². The van der Waals surface area contributed by atoms with Gasteiger partial charge in [-0.25, -0.2) is 4.79 Å². The van der Waals surface area contributed by atoms with Gasteiger partial charge in [-0.2, -0.15) is 0 Å². The van der Waals surface area contributed by atoms with Crippen LogP contribution in [0.15, 0.2) is 48.8 Å². The maximum atomic E-state index is 11.5. The Bertz CT molecular complexity index is 526. The molecule has 92 valence electrons. The third kappa shape index (κ3) is 3.07. The molecule has 1 aromatic heterocycles. The number of benzene rings is 1. The van der Waals surface area contributed by atoms with Crippen molar-refractivity contribution in [2.45, 2.75) is 6.92 Å². The number of carbonyl (C=O) groups excluding carboxylic acids is 1. The lowest BCUT2D eigenvalue weighted by Gasteiger charge is -2.06. The molecule has 18 heavy (non-hydrogen) atoms. The van der Waals surface area contributed by atoms with Crippen LogP contribution in [0, 0.1) is 0 Å². The van der Waals surface area contributed by atoms with Gasteiger partial charge in [0.25, 0.3) is 0 Å². The lowest BCUT2D eigenvalue weighted by atomic mass is 10.3. The first-order valence-electron chi connectivity index (χ1n) is 5.64. The fourth-order valence-corrected chi connectivity index (χ4v) is 1.43. The van der Waals surface area contributed by atoms with Crippen LogP contribution >= 0.6 is 0 Å². The molecule has 0 amide bonds. The monoisotopic (exact) mass is 243 g/mol. The normalized spacial score (nSPS) is 9.83. The molecule has 0 spiro atoms. The van der Waals surface area contributed by atoms with Gasteiger partial charge in [0.2, 0.25) is 0 Å². The quantitative estimate of drug-likeness (QED) is 0.774. The minimum absolute atomic E-state index is 0.336. The van der Waals surface area contributed by atoms with Gasteiger partial charge in [0.1, 0.15) is 11.5 Å². The second-order valence-corrected chi connectivity index (χ2v) is 3.54. The number of esters is 1. The molecule has 0 unspecified atom stereocenters. The van der Waals surface area contributed by atoms with Gasteiger partial charge < -0.3 is 9.47 Å². The predicted octanol–water partition coefficient (Wildman–Crippen LogP) is 3.05. The Morgan fingerprint density at radius 2 is 1.94 bits per heavy atom. The molecule has 0 bridgehead atoms. The van der Waals surface area contributed by atoms with E-state index in [0.717, 1.165) is 0 Å². The van der Waals surface area contributed by atoms with Crippen molar-refractivity contribution < 1.29 is 14.3 Å². The highest BCUT2D eigenvalue weighted by atomic mass is 16.5. The van der Waals surface area contributed by atoms with Crippen LogP contribution in [0.2, 0.25) is 0 Å². The second kappa shape index (κ2) is 5.82. The molecule has 0 saturated heterocycles. The molecular formula is C14H13NO3. The van der Waals surface area contributed by atoms with E-state index in [9.17, 15) is 4.79 Å². The molecule has 4 heteroatoms. The van der Waals surface area contributed by atoms with Crippen molar-refractivity contribution in [3.05, 3.63) is 54.4 Å². The lowest BCUT2D eigenvalue weighted by Crippen LogP contribution is -2.05. The van der Waals surface area contributed by atoms with E-state index in [0.29, 0.717) is 23.7 Å². The maximum absolute atomic E-state index is 11.5. The number of ether oxygens (including phenoxy) is 2. The van der Waals surface area contributed by atoms with Crippen molar-refractivity contribution in [1.29, 1.82) is 0 Å². The van der Waals surface area contributed by atoms with Gasteiger partial charge in [-0.05, 0) is 25.1 Å². The zero-order valence-electron chi connectivity index (χ0n) is 10.00. The van der Waals surface area contributed by atoms with Crippen LogP contribution < -0.4 is 4.74 Å². The Hall–Kier alpha value is -2.36. The number of carbonyl (C=O) groups is 1. The zero-order valence-corrected chi connectivity index (χ0v) is 10.00. The number of aromatic nitrogens is 1. The number of hydrogen-bond acceptors (Lipinski definition) is 4. The van der Waals surface area contributed by atoms with Crippen molar-refractivity contribution in [3.8, 4) is 11.5 Å². The molecule has 0 saturated carbocycles. The molecule has 4 nitrogen and oxygen atoms in total. The molecular weight excluding hydrogens is 230 g/mol. The maximum Gasteiger partial charge on any atom is 0.339 e. The van der Waals surface area contributed by atoms with Gasteiger partial charge in [-0.1, -0.05) is 18.2 Å². The molecule has 0 aliphatic carbocycles. The van der Waals surface area contributed by atoms with Crippen LogP contribution in [0.3, 0.4) is 0 Å². The highest BCUT2D eigenvalue weighted by Gasteiger charge is 2.08. The standard InChI is InChI=1S/C14H13NO3/c1-2-17-14(16)11-8-13(10-15-9-11)18-12-6-4-3-5-7-12/h3-10H,2H2,1H3. The molecule has 0 radical (unpaired) electrons. The first kappa shape index (κ1) is 12.1. The fraction of sp³-hybridized carbons (Fsp3) is 0.143. The van der Waals surface area contributed by atoms with Crippen molar-refractivity contribution in [2.24, 2.45) is 0 Å². The molecule has 0 aliphatic heterocycles. The number of pyridine rings is 1. The lowest BCUT2D eigenvalue weighted by molar-refractivity contribution is 0.0525. The minimum atomic E-state index is -0.400.